The number of fused-ring (bicyclic) bond motifs is 1. The highest BCUT2D eigenvalue weighted by molar-refractivity contribution is 9.10. The van der Waals surface area contributed by atoms with Crippen LogP contribution in [0, 0.1) is 0 Å². The maximum atomic E-state index is 11.8. The van der Waals surface area contributed by atoms with Crippen molar-refractivity contribution in [2.75, 3.05) is 16.8 Å². The van der Waals surface area contributed by atoms with Gasteiger partial charge in [-0.15, -0.1) is 0 Å². The van der Waals surface area contributed by atoms with Gasteiger partial charge in [-0.05, 0) is 43.9 Å². The summed E-state index contributed by atoms with van der Waals surface area (Å²) in [6.07, 6.45) is 4.24. The lowest BCUT2D eigenvalue weighted by molar-refractivity contribution is -0.115. The number of nitrogens with two attached hydrogens (primary N) is 1. The fourth-order valence-corrected chi connectivity index (χ4v) is 3.37. The molecule has 0 saturated heterocycles. The number of carbonyl (C=O) groups is 1. The minimum absolute atomic E-state index is 0.0738. The summed E-state index contributed by atoms with van der Waals surface area (Å²) < 4.78 is 1.04. The summed E-state index contributed by atoms with van der Waals surface area (Å²) >= 11 is 3.51. The number of nitrogens with one attached hydrogen (secondary N) is 1. The lowest BCUT2D eigenvalue weighted by Gasteiger charge is -2.40. The van der Waals surface area contributed by atoms with Crippen molar-refractivity contribution in [3.63, 3.8) is 0 Å². The molecule has 1 amide bonds. The van der Waals surface area contributed by atoms with Gasteiger partial charge in [-0.25, -0.2) is 0 Å². The molecule has 1 fully saturated rings. The molecular weight excluding hydrogens is 306 g/mol. The van der Waals surface area contributed by atoms with E-state index >= 15 is 0 Å². The fourth-order valence-electron chi connectivity index (χ4n) is 3.02. The van der Waals surface area contributed by atoms with Crippen LogP contribution in [-0.4, -0.2) is 24.5 Å². The number of amides is 1. The van der Waals surface area contributed by atoms with Crippen molar-refractivity contribution in [2.24, 2.45) is 5.73 Å². The van der Waals surface area contributed by atoms with Gasteiger partial charge in [0.1, 0.15) is 0 Å². The number of benzene rings is 1. The molecule has 1 aromatic carbocycles. The van der Waals surface area contributed by atoms with E-state index < -0.39 is 0 Å². The van der Waals surface area contributed by atoms with E-state index in [9.17, 15) is 4.79 Å². The Labute approximate surface area is 121 Å². The molecule has 19 heavy (non-hydrogen) atoms. The fraction of sp³-hybridized carbons (Fsp3) is 0.500. The highest BCUT2D eigenvalue weighted by Crippen LogP contribution is 2.36. The van der Waals surface area contributed by atoms with E-state index in [2.05, 4.69) is 32.2 Å². The Hall–Kier alpha value is -1.07. The minimum atomic E-state index is 0.0738. The van der Waals surface area contributed by atoms with E-state index in [1.54, 1.807) is 0 Å². The summed E-state index contributed by atoms with van der Waals surface area (Å²) in [5, 5.41) is 2.94. The topological polar surface area (TPSA) is 58.4 Å². The molecule has 1 heterocycles. The molecule has 0 radical (unpaired) electrons. The van der Waals surface area contributed by atoms with Gasteiger partial charge in [0, 0.05) is 16.6 Å². The molecule has 0 bridgehead atoms. The highest BCUT2D eigenvalue weighted by atomic mass is 79.9. The number of rotatable bonds is 1. The minimum Gasteiger partial charge on any atom is -0.358 e. The molecule has 2 aliphatic rings. The smallest absolute Gasteiger partial charge is 0.243 e. The molecule has 1 aliphatic heterocycles. The van der Waals surface area contributed by atoms with Gasteiger partial charge >= 0.3 is 0 Å². The third kappa shape index (κ3) is 2.62. The normalized spacial score (nSPS) is 26.8. The molecule has 0 aromatic heterocycles. The number of anilines is 2. The van der Waals surface area contributed by atoms with Crippen LogP contribution in [0.4, 0.5) is 11.4 Å². The SMILES string of the molecule is NC1CCC(N2CC(=O)Nc3ccc(Br)cc32)CC1. The zero-order chi connectivity index (χ0) is 13.4. The van der Waals surface area contributed by atoms with Crippen LogP contribution in [0.1, 0.15) is 25.7 Å². The van der Waals surface area contributed by atoms with Crippen molar-refractivity contribution in [2.45, 2.75) is 37.8 Å². The average molecular weight is 324 g/mol. The van der Waals surface area contributed by atoms with Crippen molar-refractivity contribution in [1.82, 2.24) is 0 Å². The molecule has 4 nitrogen and oxygen atoms in total. The van der Waals surface area contributed by atoms with E-state index in [1.165, 1.54) is 0 Å². The van der Waals surface area contributed by atoms with Gasteiger partial charge in [0.05, 0.1) is 17.9 Å². The first-order valence-electron chi connectivity index (χ1n) is 6.75. The van der Waals surface area contributed by atoms with E-state index in [0.29, 0.717) is 18.6 Å². The van der Waals surface area contributed by atoms with Crippen LogP contribution in [0.3, 0.4) is 0 Å². The summed E-state index contributed by atoms with van der Waals surface area (Å²) in [7, 11) is 0. The predicted molar refractivity (Wildman–Crippen MR) is 80.3 cm³/mol. The Morgan fingerprint density at radius 3 is 2.74 bits per heavy atom. The Kier molecular flexibility index (Phi) is 3.50. The molecule has 1 aromatic rings. The summed E-state index contributed by atoms with van der Waals surface area (Å²) in [4.78, 5) is 14.1. The van der Waals surface area contributed by atoms with Gasteiger partial charge in [-0.3, -0.25) is 4.79 Å². The first kappa shape index (κ1) is 12.9. The zero-order valence-electron chi connectivity index (χ0n) is 10.7. The number of nitrogens with zero attached hydrogens (tertiary/aromatic N) is 1. The van der Waals surface area contributed by atoms with Gasteiger partial charge in [0.15, 0.2) is 0 Å². The van der Waals surface area contributed by atoms with E-state index in [-0.39, 0.29) is 5.91 Å². The van der Waals surface area contributed by atoms with Gasteiger partial charge < -0.3 is 16.0 Å². The van der Waals surface area contributed by atoms with Crippen LogP contribution in [0.15, 0.2) is 22.7 Å². The predicted octanol–water partition coefficient (Wildman–Crippen LogP) is 2.48. The van der Waals surface area contributed by atoms with Gasteiger partial charge in [-0.1, -0.05) is 15.9 Å². The largest absolute Gasteiger partial charge is 0.358 e. The summed E-state index contributed by atoms with van der Waals surface area (Å²) in [5.41, 5.74) is 8.00. The molecule has 102 valence electrons. The van der Waals surface area contributed by atoms with Crippen molar-refractivity contribution < 1.29 is 4.79 Å². The number of hydrogen-bond acceptors (Lipinski definition) is 3. The van der Waals surface area contributed by atoms with E-state index in [0.717, 1.165) is 41.5 Å². The van der Waals surface area contributed by atoms with Crippen molar-refractivity contribution >= 4 is 33.2 Å². The molecule has 0 unspecified atom stereocenters. The standard InChI is InChI=1S/C14H18BrN3O/c15-9-1-6-12-13(7-9)18(8-14(19)17-12)11-4-2-10(16)3-5-11/h1,6-7,10-11H,2-5,8,16H2,(H,17,19). The second-order valence-corrected chi connectivity index (χ2v) is 6.32. The third-order valence-corrected chi connectivity index (χ3v) is 4.53. The maximum absolute atomic E-state index is 11.8. The Bertz CT molecular complexity index is 497. The lowest BCUT2D eigenvalue weighted by atomic mass is 9.90. The maximum Gasteiger partial charge on any atom is 0.243 e. The average Bonchev–Trinajstić information content (AvgIpc) is 2.39. The summed E-state index contributed by atoms with van der Waals surface area (Å²) in [6.45, 7) is 0.448. The molecule has 0 spiro atoms. The second kappa shape index (κ2) is 5.13. The highest BCUT2D eigenvalue weighted by Gasteiger charge is 2.30. The first-order valence-corrected chi connectivity index (χ1v) is 7.54. The van der Waals surface area contributed by atoms with E-state index in [4.69, 9.17) is 5.73 Å². The van der Waals surface area contributed by atoms with Crippen molar-refractivity contribution in [1.29, 1.82) is 0 Å². The summed E-state index contributed by atoms with van der Waals surface area (Å²) in [5.74, 6) is 0.0738. The van der Waals surface area contributed by atoms with Gasteiger partial charge in [0.2, 0.25) is 5.91 Å². The molecular formula is C14H18BrN3O. The van der Waals surface area contributed by atoms with Gasteiger partial charge in [-0.2, -0.15) is 0 Å². The van der Waals surface area contributed by atoms with Crippen LogP contribution in [0.2, 0.25) is 0 Å². The van der Waals surface area contributed by atoms with Crippen LogP contribution in [0.25, 0.3) is 0 Å². The monoisotopic (exact) mass is 323 g/mol. The zero-order valence-corrected chi connectivity index (χ0v) is 12.3. The number of halogens is 1. The lowest BCUT2D eigenvalue weighted by Crippen LogP contribution is -2.47. The number of hydrogen-bond donors (Lipinski definition) is 2. The van der Waals surface area contributed by atoms with Crippen LogP contribution >= 0.6 is 15.9 Å². The van der Waals surface area contributed by atoms with Crippen LogP contribution < -0.4 is 16.0 Å². The molecule has 3 rings (SSSR count). The molecule has 0 atom stereocenters. The van der Waals surface area contributed by atoms with E-state index in [1.807, 2.05) is 12.1 Å². The summed E-state index contributed by atoms with van der Waals surface area (Å²) in [6, 6.07) is 6.76. The van der Waals surface area contributed by atoms with Crippen molar-refractivity contribution in [3.8, 4) is 0 Å². The number of carbonyl (C=O) groups excluding carboxylic acids is 1. The molecule has 1 saturated carbocycles. The Morgan fingerprint density at radius 1 is 1.26 bits per heavy atom. The van der Waals surface area contributed by atoms with Crippen LogP contribution in [-0.2, 0) is 4.79 Å². The third-order valence-electron chi connectivity index (χ3n) is 4.04. The first-order chi connectivity index (χ1) is 9.13. The van der Waals surface area contributed by atoms with Gasteiger partial charge in [0.25, 0.3) is 0 Å². The van der Waals surface area contributed by atoms with Crippen LogP contribution in [0.5, 0.6) is 0 Å². The Balaban J connectivity index is 1.89. The quantitative estimate of drug-likeness (QED) is 0.834. The molecule has 1 aliphatic carbocycles. The second-order valence-electron chi connectivity index (χ2n) is 5.41. The molecule has 3 N–H and O–H groups in total. The van der Waals surface area contributed by atoms with Crippen molar-refractivity contribution in [3.05, 3.63) is 22.7 Å². The molecule has 5 heteroatoms. The Morgan fingerprint density at radius 2 is 2.00 bits per heavy atom.